The van der Waals surface area contributed by atoms with Crippen LogP contribution < -0.4 is 10.3 Å². The van der Waals surface area contributed by atoms with E-state index in [4.69, 9.17) is 16.3 Å². The fourth-order valence-corrected chi connectivity index (χ4v) is 3.09. The number of amides is 1. The van der Waals surface area contributed by atoms with E-state index in [0.29, 0.717) is 34.0 Å². The first-order valence-electron chi connectivity index (χ1n) is 9.12. The van der Waals surface area contributed by atoms with Crippen LogP contribution in [0, 0.1) is 6.92 Å². The predicted octanol–water partition coefficient (Wildman–Crippen LogP) is 3.70. The van der Waals surface area contributed by atoms with Crippen LogP contribution in [0.5, 0.6) is 5.75 Å². The highest BCUT2D eigenvalue weighted by molar-refractivity contribution is 6.31. The Kier molecular flexibility index (Phi) is 6.31. The van der Waals surface area contributed by atoms with Crippen LogP contribution >= 0.6 is 11.6 Å². The molecule has 0 fully saturated rings. The van der Waals surface area contributed by atoms with Gasteiger partial charge in [-0.05, 0) is 49.2 Å². The Morgan fingerprint density at radius 2 is 2.07 bits per heavy atom. The summed E-state index contributed by atoms with van der Waals surface area (Å²) >= 11 is 6.01. The minimum atomic E-state index is -0.253. The molecule has 0 aliphatic carbocycles. The van der Waals surface area contributed by atoms with Gasteiger partial charge in [0.25, 0.3) is 11.5 Å². The quantitative estimate of drug-likeness (QED) is 0.657. The van der Waals surface area contributed by atoms with Gasteiger partial charge < -0.3 is 14.6 Å². The van der Waals surface area contributed by atoms with E-state index in [2.05, 4.69) is 9.97 Å². The van der Waals surface area contributed by atoms with Crippen LogP contribution in [0.1, 0.15) is 24.7 Å². The zero-order chi connectivity index (χ0) is 20.1. The highest BCUT2D eigenvalue weighted by Gasteiger charge is 2.16. The SMILES string of the molecule is CCCN(Cc1nc2cc(Cl)ccc2c(=O)[nH]1)C(=O)COc1cccc(C)c1. The number of H-pyrrole nitrogens is 1. The third kappa shape index (κ3) is 4.89. The molecule has 28 heavy (non-hydrogen) atoms. The van der Waals surface area contributed by atoms with E-state index in [9.17, 15) is 9.59 Å². The van der Waals surface area contributed by atoms with E-state index in [1.807, 2.05) is 38.1 Å². The first-order chi connectivity index (χ1) is 13.5. The van der Waals surface area contributed by atoms with E-state index in [0.717, 1.165) is 12.0 Å². The Hall–Kier alpha value is -2.86. The number of aromatic amines is 1. The Morgan fingerprint density at radius 3 is 2.82 bits per heavy atom. The maximum absolute atomic E-state index is 12.7. The summed E-state index contributed by atoms with van der Waals surface area (Å²) < 4.78 is 5.62. The summed E-state index contributed by atoms with van der Waals surface area (Å²) in [5, 5.41) is 0.967. The van der Waals surface area contributed by atoms with Crippen molar-refractivity contribution in [2.45, 2.75) is 26.8 Å². The molecular weight excluding hydrogens is 378 g/mol. The minimum Gasteiger partial charge on any atom is -0.484 e. The Balaban J connectivity index is 1.75. The molecule has 0 saturated heterocycles. The number of nitrogens with zero attached hydrogens (tertiary/aromatic N) is 2. The van der Waals surface area contributed by atoms with Crippen LogP contribution in [0.3, 0.4) is 0 Å². The molecule has 2 aromatic carbocycles. The number of halogens is 1. The molecule has 0 saturated carbocycles. The summed E-state index contributed by atoms with van der Waals surface area (Å²) in [5.74, 6) is 0.894. The van der Waals surface area contributed by atoms with Crippen molar-refractivity contribution in [3.63, 3.8) is 0 Å². The number of benzene rings is 2. The topological polar surface area (TPSA) is 75.3 Å². The van der Waals surface area contributed by atoms with Crippen molar-refractivity contribution in [2.75, 3.05) is 13.2 Å². The van der Waals surface area contributed by atoms with Gasteiger partial charge in [0.05, 0.1) is 17.4 Å². The van der Waals surface area contributed by atoms with Crippen molar-refractivity contribution in [1.82, 2.24) is 14.9 Å². The lowest BCUT2D eigenvalue weighted by molar-refractivity contribution is -0.134. The van der Waals surface area contributed by atoms with Crippen molar-refractivity contribution in [3.05, 3.63) is 69.2 Å². The molecule has 1 aromatic heterocycles. The van der Waals surface area contributed by atoms with Gasteiger partial charge in [-0.3, -0.25) is 9.59 Å². The molecule has 146 valence electrons. The van der Waals surface area contributed by atoms with Gasteiger partial charge in [0.1, 0.15) is 11.6 Å². The van der Waals surface area contributed by atoms with E-state index < -0.39 is 0 Å². The molecule has 1 heterocycles. The molecule has 6 nitrogen and oxygen atoms in total. The van der Waals surface area contributed by atoms with Crippen LogP contribution in [0.4, 0.5) is 0 Å². The molecule has 1 amide bonds. The summed E-state index contributed by atoms with van der Waals surface area (Å²) in [6, 6.07) is 12.5. The zero-order valence-electron chi connectivity index (χ0n) is 15.9. The molecule has 0 bridgehead atoms. The average Bonchev–Trinajstić information content (AvgIpc) is 2.65. The van der Waals surface area contributed by atoms with Gasteiger partial charge in [0.15, 0.2) is 6.61 Å². The lowest BCUT2D eigenvalue weighted by atomic mass is 10.2. The summed E-state index contributed by atoms with van der Waals surface area (Å²) in [6.45, 7) is 4.60. The van der Waals surface area contributed by atoms with Crippen molar-refractivity contribution in [3.8, 4) is 5.75 Å². The molecule has 0 atom stereocenters. The van der Waals surface area contributed by atoms with Gasteiger partial charge in [-0.1, -0.05) is 30.7 Å². The van der Waals surface area contributed by atoms with Crippen LogP contribution in [0.2, 0.25) is 5.02 Å². The molecule has 1 N–H and O–H groups in total. The minimum absolute atomic E-state index is 0.0763. The zero-order valence-corrected chi connectivity index (χ0v) is 16.6. The Labute approximate surface area is 168 Å². The standard InChI is InChI=1S/C21H22ClN3O3/c1-3-9-25(20(26)13-28-16-6-4-5-14(2)10-16)12-19-23-18-11-15(22)7-8-17(18)21(27)24-19/h4-8,10-11H,3,9,12-13H2,1-2H3,(H,23,24,27). The number of aryl methyl sites for hydroxylation is 1. The van der Waals surface area contributed by atoms with Crippen molar-refractivity contribution in [2.24, 2.45) is 0 Å². The maximum Gasteiger partial charge on any atom is 0.260 e. The Morgan fingerprint density at radius 1 is 1.25 bits per heavy atom. The lowest BCUT2D eigenvalue weighted by Crippen LogP contribution is -2.36. The van der Waals surface area contributed by atoms with E-state index >= 15 is 0 Å². The molecule has 0 aliphatic rings. The normalized spacial score (nSPS) is 10.8. The number of nitrogens with one attached hydrogen (secondary N) is 1. The Bertz CT molecular complexity index is 1050. The molecule has 3 rings (SSSR count). The average molecular weight is 400 g/mol. The number of rotatable bonds is 7. The van der Waals surface area contributed by atoms with Crippen LogP contribution in [0.25, 0.3) is 10.9 Å². The summed E-state index contributed by atoms with van der Waals surface area (Å²) in [7, 11) is 0. The number of carbonyl (C=O) groups excluding carboxylic acids is 1. The van der Waals surface area contributed by atoms with Crippen LogP contribution in [-0.2, 0) is 11.3 Å². The molecule has 3 aromatic rings. The van der Waals surface area contributed by atoms with E-state index in [-0.39, 0.29) is 24.6 Å². The third-order valence-corrected chi connectivity index (χ3v) is 4.49. The summed E-state index contributed by atoms with van der Waals surface area (Å²) in [6.07, 6.45) is 0.778. The van der Waals surface area contributed by atoms with Gasteiger partial charge in [-0.2, -0.15) is 0 Å². The fourth-order valence-electron chi connectivity index (χ4n) is 2.92. The number of carbonyl (C=O) groups is 1. The number of fused-ring (bicyclic) bond motifs is 1. The second-order valence-electron chi connectivity index (χ2n) is 6.59. The van der Waals surface area contributed by atoms with Crippen molar-refractivity contribution >= 4 is 28.4 Å². The number of aromatic nitrogens is 2. The molecule has 0 radical (unpaired) electrons. The van der Waals surface area contributed by atoms with Gasteiger partial charge in [0, 0.05) is 11.6 Å². The van der Waals surface area contributed by atoms with E-state index in [1.54, 1.807) is 23.1 Å². The fraction of sp³-hybridized carbons (Fsp3) is 0.286. The molecular formula is C21H22ClN3O3. The molecule has 0 spiro atoms. The molecule has 7 heteroatoms. The predicted molar refractivity (Wildman–Crippen MR) is 110 cm³/mol. The molecule has 0 unspecified atom stereocenters. The second-order valence-corrected chi connectivity index (χ2v) is 7.03. The smallest absolute Gasteiger partial charge is 0.260 e. The number of hydrogen-bond acceptors (Lipinski definition) is 4. The first kappa shape index (κ1) is 19.9. The highest BCUT2D eigenvalue weighted by Crippen LogP contribution is 2.16. The largest absolute Gasteiger partial charge is 0.484 e. The highest BCUT2D eigenvalue weighted by atomic mass is 35.5. The monoisotopic (exact) mass is 399 g/mol. The van der Waals surface area contributed by atoms with E-state index in [1.165, 1.54) is 0 Å². The van der Waals surface area contributed by atoms with Gasteiger partial charge in [0.2, 0.25) is 0 Å². The lowest BCUT2D eigenvalue weighted by Gasteiger charge is -2.22. The maximum atomic E-state index is 12.7. The van der Waals surface area contributed by atoms with Crippen LogP contribution in [0.15, 0.2) is 47.3 Å². The molecule has 0 aliphatic heterocycles. The van der Waals surface area contributed by atoms with Crippen molar-refractivity contribution < 1.29 is 9.53 Å². The van der Waals surface area contributed by atoms with Crippen molar-refractivity contribution in [1.29, 1.82) is 0 Å². The number of hydrogen-bond donors (Lipinski definition) is 1. The number of ether oxygens (including phenoxy) is 1. The van der Waals surface area contributed by atoms with Crippen LogP contribution in [-0.4, -0.2) is 33.9 Å². The second kappa shape index (κ2) is 8.89. The van der Waals surface area contributed by atoms with Gasteiger partial charge in [-0.25, -0.2) is 4.98 Å². The van der Waals surface area contributed by atoms with Gasteiger partial charge >= 0.3 is 0 Å². The van der Waals surface area contributed by atoms with Gasteiger partial charge in [-0.15, -0.1) is 0 Å². The summed E-state index contributed by atoms with van der Waals surface area (Å²) in [5.41, 5.74) is 1.31. The summed E-state index contributed by atoms with van der Waals surface area (Å²) in [4.78, 5) is 33.8. The first-order valence-corrected chi connectivity index (χ1v) is 9.49. The third-order valence-electron chi connectivity index (χ3n) is 4.26.